The van der Waals surface area contributed by atoms with Gasteiger partial charge >= 0.3 is 11.9 Å². The van der Waals surface area contributed by atoms with Gasteiger partial charge in [-0.05, 0) is 19.4 Å². The largest absolute Gasteiger partial charge is 0.478 e. The minimum absolute atomic E-state index is 0.0364. The number of β-lactam (4-membered cyclic amide) rings is 1. The van der Waals surface area contributed by atoms with E-state index in [1.807, 2.05) is 22.6 Å². The Hall–Kier alpha value is -2.47. The molecule has 0 radical (unpaired) electrons. The molecule has 0 bridgehead atoms. The lowest BCUT2D eigenvalue weighted by Gasteiger charge is -2.49. The molecule has 13 nitrogen and oxygen atoms in total. The number of oxime groups is 1. The predicted molar refractivity (Wildman–Crippen MR) is 122 cm³/mol. The summed E-state index contributed by atoms with van der Waals surface area (Å²) in [6.45, 7) is 2.46. The van der Waals surface area contributed by atoms with E-state index in [-0.39, 0.29) is 16.7 Å². The van der Waals surface area contributed by atoms with Crippen LogP contribution in [0.4, 0.5) is 5.13 Å². The highest BCUT2D eigenvalue weighted by molar-refractivity contribution is 14.1. The summed E-state index contributed by atoms with van der Waals surface area (Å²) in [5.41, 5.74) is 3.87. The van der Waals surface area contributed by atoms with Crippen molar-refractivity contribution in [2.75, 3.05) is 15.9 Å². The average Bonchev–Trinajstić information content (AvgIpc) is 3.16. The minimum Gasteiger partial charge on any atom is -0.478 e. The van der Waals surface area contributed by atoms with Gasteiger partial charge in [0.2, 0.25) is 17.1 Å². The Labute approximate surface area is 202 Å². The molecular weight excluding hydrogens is 579 g/mol. The molecule has 3 heterocycles. The summed E-state index contributed by atoms with van der Waals surface area (Å²) < 4.78 is 4.34. The molecule has 0 unspecified atom stereocenters. The number of nitrogens with one attached hydrogen (secondary N) is 1. The van der Waals surface area contributed by atoms with E-state index in [4.69, 9.17) is 10.6 Å². The molecule has 1 aromatic heterocycles. The zero-order valence-electron chi connectivity index (χ0n) is 16.6. The number of aliphatic carboxylic acids is 2. The first kappa shape index (κ1) is 24.2. The fourth-order valence-electron chi connectivity index (χ4n) is 2.71. The lowest BCUT2D eigenvalue weighted by atomic mass is 10.0. The summed E-state index contributed by atoms with van der Waals surface area (Å²) >= 11 is 4.14. The maximum atomic E-state index is 12.9. The van der Waals surface area contributed by atoms with Gasteiger partial charge in [-0.15, -0.1) is 11.8 Å². The Balaban J connectivity index is 1.83. The van der Waals surface area contributed by atoms with E-state index in [2.05, 4.69) is 19.8 Å². The van der Waals surface area contributed by atoms with Crippen LogP contribution in [-0.2, 0) is 24.0 Å². The number of aromatic nitrogens is 2. The van der Waals surface area contributed by atoms with Crippen molar-refractivity contribution in [3.8, 4) is 0 Å². The number of carboxylic acid groups (broad SMARTS) is 2. The van der Waals surface area contributed by atoms with E-state index in [9.17, 15) is 29.4 Å². The summed E-state index contributed by atoms with van der Waals surface area (Å²) in [7, 11) is 0. The summed E-state index contributed by atoms with van der Waals surface area (Å²) in [4.78, 5) is 58.5. The second-order valence-electron chi connectivity index (χ2n) is 7.05. The van der Waals surface area contributed by atoms with Gasteiger partial charge in [-0.3, -0.25) is 14.5 Å². The molecule has 0 aliphatic carbocycles. The van der Waals surface area contributed by atoms with Gasteiger partial charge in [0.15, 0.2) is 5.13 Å². The molecular formula is C16H17IN6O7S2. The minimum atomic E-state index is -1.76. The molecule has 172 valence electrons. The fourth-order valence-corrected chi connectivity index (χ4v) is 5.49. The van der Waals surface area contributed by atoms with Crippen molar-refractivity contribution in [3.05, 3.63) is 17.1 Å². The van der Waals surface area contributed by atoms with Crippen LogP contribution in [0, 0.1) is 0 Å². The molecule has 1 fully saturated rings. The van der Waals surface area contributed by atoms with E-state index in [1.165, 1.54) is 25.6 Å². The number of hydrogen-bond donors (Lipinski definition) is 4. The first-order valence-electron chi connectivity index (χ1n) is 8.84. The zero-order chi connectivity index (χ0) is 23.8. The topological polar surface area (TPSA) is 197 Å². The van der Waals surface area contributed by atoms with Crippen molar-refractivity contribution in [3.63, 3.8) is 0 Å². The Kier molecular flexibility index (Phi) is 6.94. The molecule has 1 aromatic rings. The van der Waals surface area contributed by atoms with Crippen LogP contribution in [0.25, 0.3) is 0 Å². The number of nitrogens with zero attached hydrogens (tertiary/aromatic N) is 4. The molecule has 2 atom stereocenters. The monoisotopic (exact) mass is 596 g/mol. The number of nitrogen functional groups attached to an aromatic ring is 1. The van der Waals surface area contributed by atoms with E-state index in [1.54, 1.807) is 0 Å². The van der Waals surface area contributed by atoms with Gasteiger partial charge in [-0.2, -0.15) is 9.36 Å². The van der Waals surface area contributed by atoms with Crippen LogP contribution in [0.5, 0.6) is 0 Å². The molecule has 0 spiro atoms. The maximum Gasteiger partial charge on any atom is 0.352 e. The van der Waals surface area contributed by atoms with E-state index in [0.29, 0.717) is 15.8 Å². The molecule has 1 saturated heterocycles. The lowest BCUT2D eigenvalue weighted by molar-refractivity contribution is -0.161. The Morgan fingerprint density at radius 1 is 1.41 bits per heavy atom. The van der Waals surface area contributed by atoms with Crippen molar-refractivity contribution in [2.45, 2.75) is 30.9 Å². The summed E-state index contributed by atoms with van der Waals surface area (Å²) in [5.74, 6) is -3.84. The van der Waals surface area contributed by atoms with E-state index >= 15 is 0 Å². The first-order valence-corrected chi connectivity index (χ1v) is 12.2. The Bertz CT molecular complexity index is 1060. The number of amides is 2. The summed E-state index contributed by atoms with van der Waals surface area (Å²) in [5, 5.41) is 24.2. The van der Waals surface area contributed by atoms with Crippen LogP contribution in [0.2, 0.25) is 0 Å². The van der Waals surface area contributed by atoms with Crippen molar-refractivity contribution >= 4 is 80.5 Å². The number of carbonyl (C=O) groups excluding carboxylic acids is 2. The average molecular weight is 596 g/mol. The molecule has 16 heteroatoms. The molecule has 0 saturated carbocycles. The smallest absolute Gasteiger partial charge is 0.352 e. The molecule has 5 N–H and O–H groups in total. The van der Waals surface area contributed by atoms with Gasteiger partial charge < -0.3 is 26.1 Å². The fraction of sp³-hybridized carbons (Fsp3) is 0.438. The van der Waals surface area contributed by atoms with Crippen LogP contribution in [0.1, 0.15) is 19.7 Å². The van der Waals surface area contributed by atoms with Crippen LogP contribution in [-0.4, -0.2) is 81.1 Å². The van der Waals surface area contributed by atoms with Crippen molar-refractivity contribution in [1.82, 2.24) is 19.6 Å². The van der Waals surface area contributed by atoms with Gasteiger partial charge in [0.05, 0.1) is 0 Å². The third-order valence-corrected chi connectivity index (χ3v) is 7.25. The van der Waals surface area contributed by atoms with Crippen LogP contribution in [0.15, 0.2) is 16.4 Å². The lowest BCUT2D eigenvalue weighted by Crippen LogP contribution is -2.71. The molecule has 2 amide bonds. The van der Waals surface area contributed by atoms with Crippen molar-refractivity contribution < 1.29 is 34.2 Å². The molecule has 32 heavy (non-hydrogen) atoms. The standard InChI is InChI=1S/C16H17IN6O7S2/c1-16(2,14(28)29)30-21-6(9-20-15(18)32-22-9)10(24)19-7-11(25)23-8(13(26)27)5(3-17)4-31-12(7)23/h7,12H,3-4H2,1-2H3,(H,19,24)(H,26,27)(H,28,29)(H2,18,20,22)/b21-6-/t7-,12-/m1/s1. The third-order valence-electron chi connectivity index (χ3n) is 4.45. The number of carboxylic acids is 2. The number of fused-ring (bicyclic) bond motifs is 1. The van der Waals surface area contributed by atoms with Crippen LogP contribution in [0.3, 0.4) is 0 Å². The molecule has 2 aliphatic heterocycles. The molecule has 2 aliphatic rings. The van der Waals surface area contributed by atoms with E-state index < -0.39 is 46.5 Å². The Morgan fingerprint density at radius 2 is 2.09 bits per heavy atom. The van der Waals surface area contributed by atoms with Gasteiger partial charge in [0.25, 0.3) is 11.8 Å². The number of nitrogens with two attached hydrogens (primary N) is 1. The highest BCUT2D eigenvalue weighted by Gasteiger charge is 2.54. The van der Waals surface area contributed by atoms with Crippen molar-refractivity contribution in [1.29, 1.82) is 0 Å². The number of anilines is 1. The predicted octanol–water partition coefficient (Wildman–Crippen LogP) is -0.122. The molecule has 3 rings (SSSR count). The molecule has 0 aromatic carbocycles. The second-order valence-corrected chi connectivity index (χ2v) is 9.71. The van der Waals surface area contributed by atoms with Gasteiger partial charge in [0, 0.05) is 21.7 Å². The number of alkyl halides is 1. The second kappa shape index (κ2) is 9.18. The zero-order valence-corrected chi connectivity index (χ0v) is 20.4. The van der Waals surface area contributed by atoms with Crippen LogP contribution < -0.4 is 11.1 Å². The number of halogens is 1. The quantitative estimate of drug-likeness (QED) is 0.103. The normalized spacial score (nSPS) is 21.0. The van der Waals surface area contributed by atoms with Gasteiger partial charge in [-0.1, -0.05) is 27.7 Å². The highest BCUT2D eigenvalue weighted by atomic mass is 127. The SMILES string of the molecule is CC(C)(O/N=C(\C(=O)N[C@@H]1C(=O)N2C(C(=O)O)=C(CI)CS[C@H]12)c1nsc(N)n1)C(=O)O. The highest BCUT2D eigenvalue weighted by Crippen LogP contribution is 2.40. The number of rotatable bonds is 8. The third kappa shape index (κ3) is 4.51. The summed E-state index contributed by atoms with van der Waals surface area (Å²) in [6, 6.07) is -1.02. The van der Waals surface area contributed by atoms with Gasteiger partial charge in [-0.25, -0.2) is 9.59 Å². The number of hydrogen-bond acceptors (Lipinski definition) is 11. The Morgan fingerprint density at radius 3 is 2.62 bits per heavy atom. The van der Waals surface area contributed by atoms with Gasteiger partial charge in [0.1, 0.15) is 17.1 Å². The van der Waals surface area contributed by atoms with E-state index in [0.717, 1.165) is 16.4 Å². The number of carbonyl (C=O) groups is 4. The number of thioether (sulfide) groups is 1. The maximum absolute atomic E-state index is 12.9. The van der Waals surface area contributed by atoms with Crippen LogP contribution >= 0.6 is 45.9 Å². The summed E-state index contributed by atoms with van der Waals surface area (Å²) in [6.07, 6.45) is 0. The first-order chi connectivity index (χ1) is 15.0. The van der Waals surface area contributed by atoms with Crippen molar-refractivity contribution in [2.24, 2.45) is 5.16 Å².